The lowest BCUT2D eigenvalue weighted by Gasteiger charge is -2.15. The third-order valence-electron chi connectivity index (χ3n) is 2.89. The monoisotopic (exact) mass is 311 g/mol. The summed E-state index contributed by atoms with van der Waals surface area (Å²) in [4.78, 5) is 12.1. The molecule has 1 amide bonds. The quantitative estimate of drug-likeness (QED) is 0.880. The van der Waals surface area contributed by atoms with Crippen molar-refractivity contribution in [2.75, 3.05) is 0 Å². The van der Waals surface area contributed by atoms with Crippen molar-refractivity contribution in [3.8, 4) is 0 Å². The molecule has 0 aliphatic carbocycles. The van der Waals surface area contributed by atoms with Crippen LogP contribution in [-0.2, 0) is 0 Å². The van der Waals surface area contributed by atoms with Crippen LogP contribution >= 0.6 is 23.2 Å². The van der Waals surface area contributed by atoms with Gasteiger partial charge in [-0.2, -0.15) is 0 Å². The normalized spacial score (nSPS) is 12.0. The fourth-order valence-electron chi connectivity index (χ4n) is 1.78. The molecule has 2 aromatic carbocycles. The molecule has 2 rings (SSSR count). The summed E-state index contributed by atoms with van der Waals surface area (Å²) in [5.74, 6) is -0.824. The van der Waals surface area contributed by atoms with E-state index >= 15 is 0 Å². The van der Waals surface area contributed by atoms with Crippen LogP contribution < -0.4 is 5.32 Å². The Balaban J connectivity index is 2.13. The summed E-state index contributed by atoms with van der Waals surface area (Å²) in [5, 5.41) is 3.53. The van der Waals surface area contributed by atoms with E-state index in [0.29, 0.717) is 5.02 Å². The predicted molar refractivity (Wildman–Crippen MR) is 78.7 cm³/mol. The van der Waals surface area contributed by atoms with Gasteiger partial charge in [0.2, 0.25) is 0 Å². The van der Waals surface area contributed by atoms with Crippen LogP contribution in [0.15, 0.2) is 42.5 Å². The highest BCUT2D eigenvalue weighted by Gasteiger charge is 2.14. The smallest absolute Gasteiger partial charge is 0.253 e. The highest BCUT2D eigenvalue weighted by molar-refractivity contribution is 6.33. The zero-order valence-electron chi connectivity index (χ0n) is 10.7. The molecule has 0 spiro atoms. The Morgan fingerprint density at radius 3 is 2.40 bits per heavy atom. The summed E-state index contributed by atoms with van der Waals surface area (Å²) in [6.07, 6.45) is 0. The number of halogens is 3. The van der Waals surface area contributed by atoms with Crippen LogP contribution in [0.2, 0.25) is 10.0 Å². The fraction of sp³-hybridized carbons (Fsp3) is 0.133. The minimum atomic E-state index is -0.475. The second-order valence-electron chi connectivity index (χ2n) is 4.37. The zero-order chi connectivity index (χ0) is 14.7. The number of carbonyl (C=O) groups excluding carboxylic acids is 1. The maximum atomic E-state index is 12.9. The number of nitrogens with one attached hydrogen (secondary N) is 1. The summed E-state index contributed by atoms with van der Waals surface area (Å²) < 4.78 is 12.9. The molecule has 0 saturated heterocycles. The molecule has 20 heavy (non-hydrogen) atoms. The maximum Gasteiger partial charge on any atom is 0.253 e. The summed E-state index contributed by atoms with van der Waals surface area (Å²) in [6, 6.07) is 10.6. The Morgan fingerprint density at radius 1 is 1.15 bits per heavy atom. The molecule has 0 radical (unpaired) electrons. The van der Waals surface area contributed by atoms with Crippen LogP contribution in [0.5, 0.6) is 0 Å². The molecular formula is C15H12Cl2FNO. The first-order chi connectivity index (χ1) is 9.47. The van der Waals surface area contributed by atoms with Gasteiger partial charge in [-0.05, 0) is 42.8 Å². The molecule has 0 aliphatic heterocycles. The third kappa shape index (κ3) is 3.50. The van der Waals surface area contributed by atoms with Gasteiger partial charge in [-0.1, -0.05) is 35.3 Å². The van der Waals surface area contributed by atoms with Gasteiger partial charge >= 0.3 is 0 Å². The molecule has 1 atom stereocenters. The van der Waals surface area contributed by atoms with Gasteiger partial charge in [0.05, 0.1) is 16.6 Å². The van der Waals surface area contributed by atoms with E-state index in [9.17, 15) is 9.18 Å². The maximum absolute atomic E-state index is 12.9. The molecule has 0 heterocycles. The molecule has 0 fully saturated rings. The van der Waals surface area contributed by atoms with Gasteiger partial charge in [-0.3, -0.25) is 4.79 Å². The lowest BCUT2D eigenvalue weighted by atomic mass is 10.1. The Labute approximate surface area is 126 Å². The molecule has 104 valence electrons. The Bertz CT molecular complexity index is 628. The van der Waals surface area contributed by atoms with Gasteiger partial charge in [0.1, 0.15) is 5.82 Å². The van der Waals surface area contributed by atoms with Gasteiger partial charge in [0.15, 0.2) is 0 Å². The Kier molecular flexibility index (Phi) is 4.63. The van der Waals surface area contributed by atoms with Crippen molar-refractivity contribution in [2.45, 2.75) is 13.0 Å². The number of carbonyl (C=O) groups is 1. The lowest BCUT2D eigenvalue weighted by molar-refractivity contribution is 0.0940. The third-order valence-corrected chi connectivity index (χ3v) is 3.46. The molecule has 2 aromatic rings. The van der Waals surface area contributed by atoms with Gasteiger partial charge in [0, 0.05) is 5.02 Å². The van der Waals surface area contributed by atoms with E-state index in [-0.39, 0.29) is 22.5 Å². The van der Waals surface area contributed by atoms with E-state index in [1.165, 1.54) is 12.1 Å². The van der Waals surface area contributed by atoms with Crippen molar-refractivity contribution >= 4 is 29.1 Å². The molecule has 1 N–H and O–H groups in total. The number of benzene rings is 2. The van der Waals surface area contributed by atoms with Crippen LogP contribution in [0.4, 0.5) is 4.39 Å². The second-order valence-corrected chi connectivity index (χ2v) is 5.21. The first-order valence-electron chi connectivity index (χ1n) is 5.99. The standard InChI is InChI=1S/C15H12Cl2FNO/c1-9(10-2-4-11(16)5-3-10)19-15(20)13-7-6-12(18)8-14(13)17/h2-9H,1H3,(H,19,20)/t9-/m1/s1. The average molecular weight is 312 g/mol. The van der Waals surface area contributed by atoms with Crippen LogP contribution in [0.3, 0.4) is 0 Å². The molecule has 5 heteroatoms. The zero-order valence-corrected chi connectivity index (χ0v) is 12.2. The van der Waals surface area contributed by atoms with Crippen LogP contribution in [0.1, 0.15) is 28.9 Å². The largest absolute Gasteiger partial charge is 0.345 e. The minimum Gasteiger partial charge on any atom is -0.345 e. The Hall–Kier alpha value is -1.58. The first-order valence-corrected chi connectivity index (χ1v) is 6.74. The van der Waals surface area contributed by atoms with E-state index in [1.54, 1.807) is 12.1 Å². The highest BCUT2D eigenvalue weighted by Crippen LogP contribution is 2.20. The minimum absolute atomic E-state index is 0.0887. The molecular weight excluding hydrogens is 300 g/mol. The van der Waals surface area contributed by atoms with Gasteiger partial charge in [0.25, 0.3) is 5.91 Å². The number of rotatable bonds is 3. The van der Waals surface area contributed by atoms with Crippen molar-refractivity contribution in [3.05, 3.63) is 69.5 Å². The first kappa shape index (κ1) is 14.8. The molecule has 0 bridgehead atoms. The number of hydrogen-bond acceptors (Lipinski definition) is 1. The molecule has 0 unspecified atom stereocenters. The van der Waals surface area contributed by atoms with Gasteiger partial charge < -0.3 is 5.32 Å². The van der Waals surface area contributed by atoms with Gasteiger partial charge in [-0.15, -0.1) is 0 Å². The average Bonchev–Trinajstić information content (AvgIpc) is 2.39. The highest BCUT2D eigenvalue weighted by atomic mass is 35.5. The molecule has 2 nitrogen and oxygen atoms in total. The van der Waals surface area contributed by atoms with Crippen molar-refractivity contribution in [1.82, 2.24) is 5.32 Å². The molecule has 0 aliphatic rings. The van der Waals surface area contributed by atoms with Crippen LogP contribution in [0.25, 0.3) is 0 Å². The van der Waals surface area contributed by atoms with E-state index in [0.717, 1.165) is 11.6 Å². The summed E-state index contributed by atoms with van der Waals surface area (Å²) in [5.41, 5.74) is 1.16. The van der Waals surface area contributed by atoms with E-state index in [4.69, 9.17) is 23.2 Å². The second kappa shape index (κ2) is 6.25. The van der Waals surface area contributed by atoms with Crippen LogP contribution in [-0.4, -0.2) is 5.91 Å². The predicted octanol–water partition coefficient (Wildman–Crippen LogP) is 4.62. The number of amides is 1. The molecule has 0 saturated carbocycles. The van der Waals surface area contributed by atoms with Gasteiger partial charge in [-0.25, -0.2) is 4.39 Å². The van der Waals surface area contributed by atoms with E-state index < -0.39 is 5.82 Å². The Morgan fingerprint density at radius 2 is 1.80 bits per heavy atom. The summed E-state index contributed by atoms with van der Waals surface area (Å²) in [6.45, 7) is 1.85. The molecule has 0 aromatic heterocycles. The van der Waals surface area contributed by atoms with Crippen LogP contribution in [0, 0.1) is 5.82 Å². The van der Waals surface area contributed by atoms with Crippen molar-refractivity contribution in [3.63, 3.8) is 0 Å². The fourth-order valence-corrected chi connectivity index (χ4v) is 2.16. The van der Waals surface area contributed by atoms with Crippen molar-refractivity contribution < 1.29 is 9.18 Å². The van der Waals surface area contributed by atoms with Crippen molar-refractivity contribution in [1.29, 1.82) is 0 Å². The topological polar surface area (TPSA) is 29.1 Å². The van der Waals surface area contributed by atoms with Crippen molar-refractivity contribution in [2.24, 2.45) is 0 Å². The summed E-state index contributed by atoms with van der Waals surface area (Å²) in [7, 11) is 0. The van der Waals surface area contributed by atoms with E-state index in [1.807, 2.05) is 19.1 Å². The lowest BCUT2D eigenvalue weighted by Crippen LogP contribution is -2.26. The van der Waals surface area contributed by atoms with E-state index in [2.05, 4.69) is 5.32 Å². The SMILES string of the molecule is C[C@@H](NC(=O)c1ccc(F)cc1Cl)c1ccc(Cl)cc1. The number of hydrogen-bond donors (Lipinski definition) is 1. The summed E-state index contributed by atoms with van der Waals surface area (Å²) >= 11 is 11.7.